The van der Waals surface area contributed by atoms with Crippen LogP contribution in [0.3, 0.4) is 0 Å². The van der Waals surface area contributed by atoms with Crippen LogP contribution in [0.25, 0.3) is 11.4 Å². The number of thioether (sulfide) groups is 1. The van der Waals surface area contributed by atoms with Crippen molar-refractivity contribution in [2.45, 2.75) is 23.9 Å². The van der Waals surface area contributed by atoms with Crippen LogP contribution in [0, 0.1) is 0 Å². The first-order chi connectivity index (χ1) is 16.5. The first-order valence-corrected chi connectivity index (χ1v) is 12.7. The lowest BCUT2D eigenvalue weighted by atomic mass is 10.1. The maximum absolute atomic E-state index is 12.8. The zero-order chi connectivity index (χ0) is 24.1. The molecule has 3 aromatic rings. The molecule has 1 unspecified atom stereocenters. The first kappa shape index (κ1) is 24.7. The largest absolute Gasteiger partial charge is 0.383 e. The standard InChI is InChI=1S/C25H30ClN5O2S/c1-18(16-33-3)31-23(21-6-4-5-7-22(21)26)27-28-25(31)34-17-19-8-10-20(11-9-19)24(32)30-14-12-29(2)13-15-30/h4-11,18H,12-17H2,1-3H3. The molecule has 1 aromatic heterocycles. The summed E-state index contributed by atoms with van der Waals surface area (Å²) in [6, 6.07) is 15.6. The van der Waals surface area contributed by atoms with Gasteiger partial charge in [-0.05, 0) is 43.8 Å². The summed E-state index contributed by atoms with van der Waals surface area (Å²) in [5.41, 5.74) is 2.70. The van der Waals surface area contributed by atoms with Crippen LogP contribution < -0.4 is 0 Å². The molecule has 1 atom stereocenters. The Hall–Kier alpha value is -2.39. The summed E-state index contributed by atoms with van der Waals surface area (Å²) < 4.78 is 7.48. The van der Waals surface area contributed by atoms with Crippen molar-refractivity contribution < 1.29 is 9.53 Å². The van der Waals surface area contributed by atoms with Gasteiger partial charge < -0.3 is 14.5 Å². The van der Waals surface area contributed by atoms with Gasteiger partial charge in [-0.2, -0.15) is 0 Å². The van der Waals surface area contributed by atoms with E-state index in [0.717, 1.165) is 53.9 Å². The van der Waals surface area contributed by atoms with Crippen molar-refractivity contribution in [1.82, 2.24) is 24.6 Å². The number of benzene rings is 2. The van der Waals surface area contributed by atoms with Crippen molar-refractivity contribution in [3.63, 3.8) is 0 Å². The van der Waals surface area contributed by atoms with Crippen LogP contribution in [0.2, 0.25) is 5.02 Å². The number of ether oxygens (including phenoxy) is 1. The highest BCUT2D eigenvalue weighted by molar-refractivity contribution is 7.98. The number of halogens is 1. The molecular weight excluding hydrogens is 470 g/mol. The molecule has 9 heteroatoms. The van der Waals surface area contributed by atoms with Crippen molar-refractivity contribution >= 4 is 29.3 Å². The highest BCUT2D eigenvalue weighted by Crippen LogP contribution is 2.33. The van der Waals surface area contributed by atoms with Crippen LogP contribution in [-0.4, -0.2) is 77.4 Å². The molecule has 4 rings (SSSR count). The van der Waals surface area contributed by atoms with Crippen LogP contribution in [0.15, 0.2) is 53.7 Å². The summed E-state index contributed by atoms with van der Waals surface area (Å²) in [5.74, 6) is 1.54. The van der Waals surface area contributed by atoms with Gasteiger partial charge in [-0.25, -0.2) is 0 Å². The zero-order valence-electron chi connectivity index (χ0n) is 19.8. The second-order valence-electron chi connectivity index (χ2n) is 8.54. The van der Waals surface area contributed by atoms with Gasteiger partial charge in [0.15, 0.2) is 11.0 Å². The number of nitrogens with zero attached hydrogens (tertiary/aromatic N) is 5. The van der Waals surface area contributed by atoms with E-state index in [-0.39, 0.29) is 11.9 Å². The molecule has 2 aromatic carbocycles. The second kappa shape index (κ2) is 11.4. The summed E-state index contributed by atoms with van der Waals surface area (Å²) in [4.78, 5) is 17.0. The summed E-state index contributed by atoms with van der Waals surface area (Å²) >= 11 is 8.05. The molecule has 0 bridgehead atoms. The molecule has 1 saturated heterocycles. The van der Waals surface area contributed by atoms with Crippen molar-refractivity contribution in [3.05, 3.63) is 64.7 Å². The van der Waals surface area contributed by atoms with Gasteiger partial charge in [0.1, 0.15) is 0 Å². The molecule has 0 radical (unpaired) electrons. The Morgan fingerprint density at radius 3 is 2.47 bits per heavy atom. The van der Waals surface area contributed by atoms with Gasteiger partial charge in [0.05, 0.1) is 17.7 Å². The molecule has 34 heavy (non-hydrogen) atoms. The number of carbonyl (C=O) groups excluding carboxylic acids is 1. The van der Waals surface area contributed by atoms with Crippen LogP contribution >= 0.6 is 23.4 Å². The quantitative estimate of drug-likeness (QED) is 0.426. The molecule has 0 spiro atoms. The van der Waals surface area contributed by atoms with Crippen LogP contribution in [0.1, 0.15) is 28.9 Å². The van der Waals surface area contributed by atoms with E-state index in [1.54, 1.807) is 18.9 Å². The highest BCUT2D eigenvalue weighted by atomic mass is 35.5. The number of hydrogen-bond donors (Lipinski definition) is 0. The van der Waals surface area contributed by atoms with Gasteiger partial charge >= 0.3 is 0 Å². The summed E-state index contributed by atoms with van der Waals surface area (Å²) in [7, 11) is 3.77. The number of likely N-dealkylation sites (N-methyl/N-ethyl adjacent to an activating group) is 1. The topological polar surface area (TPSA) is 63.5 Å². The monoisotopic (exact) mass is 499 g/mol. The van der Waals surface area contributed by atoms with Gasteiger partial charge in [0.2, 0.25) is 0 Å². The molecule has 0 saturated carbocycles. The molecule has 1 aliphatic rings. The Bertz CT molecular complexity index is 1110. The number of carbonyl (C=O) groups is 1. The Balaban J connectivity index is 1.48. The lowest BCUT2D eigenvalue weighted by Crippen LogP contribution is -2.47. The van der Waals surface area contributed by atoms with Crippen molar-refractivity contribution in [2.75, 3.05) is 46.9 Å². The highest BCUT2D eigenvalue weighted by Gasteiger charge is 2.22. The lowest BCUT2D eigenvalue weighted by Gasteiger charge is -2.32. The van der Waals surface area contributed by atoms with Crippen molar-refractivity contribution in [1.29, 1.82) is 0 Å². The van der Waals surface area contributed by atoms with Crippen LogP contribution in [0.4, 0.5) is 0 Å². The summed E-state index contributed by atoms with van der Waals surface area (Å²) in [6.45, 7) is 5.99. The smallest absolute Gasteiger partial charge is 0.253 e. The van der Waals surface area contributed by atoms with Gasteiger partial charge in [-0.3, -0.25) is 9.36 Å². The van der Waals surface area contributed by atoms with E-state index in [9.17, 15) is 4.79 Å². The Labute approximate surface area is 210 Å². The molecule has 1 fully saturated rings. The van der Waals surface area contributed by atoms with Crippen LogP contribution in [-0.2, 0) is 10.5 Å². The minimum Gasteiger partial charge on any atom is -0.383 e. The molecular formula is C25H30ClN5O2S. The van der Waals surface area contributed by atoms with E-state index in [1.165, 1.54) is 0 Å². The number of hydrogen-bond acceptors (Lipinski definition) is 6. The molecule has 0 aliphatic carbocycles. The molecule has 180 valence electrons. The number of rotatable bonds is 8. The number of aromatic nitrogens is 3. The third-order valence-electron chi connectivity index (χ3n) is 5.99. The maximum Gasteiger partial charge on any atom is 0.253 e. The molecule has 0 N–H and O–H groups in total. The first-order valence-electron chi connectivity index (χ1n) is 11.4. The predicted molar refractivity (Wildman–Crippen MR) is 136 cm³/mol. The van der Waals surface area contributed by atoms with E-state index in [0.29, 0.717) is 17.4 Å². The fourth-order valence-electron chi connectivity index (χ4n) is 4.00. The second-order valence-corrected chi connectivity index (χ2v) is 9.89. The molecule has 1 amide bonds. The number of piperazine rings is 1. The number of amides is 1. The van der Waals surface area contributed by atoms with E-state index in [2.05, 4.69) is 33.6 Å². The zero-order valence-corrected chi connectivity index (χ0v) is 21.3. The van der Waals surface area contributed by atoms with E-state index in [1.807, 2.05) is 53.4 Å². The van der Waals surface area contributed by atoms with E-state index < -0.39 is 0 Å². The van der Waals surface area contributed by atoms with Gasteiger partial charge in [0.25, 0.3) is 5.91 Å². The summed E-state index contributed by atoms with van der Waals surface area (Å²) in [6.07, 6.45) is 0. The number of methoxy groups -OCH3 is 1. The third-order valence-corrected chi connectivity index (χ3v) is 7.33. The minimum atomic E-state index is 0.0392. The Morgan fingerprint density at radius 2 is 1.79 bits per heavy atom. The fraction of sp³-hybridized carbons (Fsp3) is 0.400. The third kappa shape index (κ3) is 5.63. The van der Waals surface area contributed by atoms with Gasteiger partial charge in [-0.1, -0.05) is 47.6 Å². The fourth-order valence-corrected chi connectivity index (χ4v) is 5.21. The molecule has 7 nitrogen and oxygen atoms in total. The minimum absolute atomic E-state index is 0.0392. The van der Waals surface area contributed by atoms with Gasteiger partial charge in [0, 0.05) is 50.2 Å². The van der Waals surface area contributed by atoms with Crippen molar-refractivity contribution in [2.24, 2.45) is 0 Å². The average Bonchev–Trinajstić information content (AvgIpc) is 3.27. The molecule has 1 aliphatic heterocycles. The summed E-state index contributed by atoms with van der Waals surface area (Å²) in [5, 5.41) is 10.4. The average molecular weight is 500 g/mol. The Kier molecular flexibility index (Phi) is 8.26. The maximum atomic E-state index is 12.8. The van der Waals surface area contributed by atoms with E-state index in [4.69, 9.17) is 16.3 Å². The van der Waals surface area contributed by atoms with Crippen LogP contribution in [0.5, 0.6) is 0 Å². The van der Waals surface area contributed by atoms with Crippen molar-refractivity contribution in [3.8, 4) is 11.4 Å². The SMILES string of the molecule is COCC(C)n1c(SCc2ccc(C(=O)N3CCN(C)CC3)cc2)nnc1-c1ccccc1Cl. The van der Waals surface area contributed by atoms with Gasteiger partial charge in [-0.15, -0.1) is 10.2 Å². The van der Waals surface area contributed by atoms with E-state index >= 15 is 0 Å². The predicted octanol–water partition coefficient (Wildman–Crippen LogP) is 4.49. The lowest BCUT2D eigenvalue weighted by molar-refractivity contribution is 0.0664. The normalized spacial score (nSPS) is 15.5. The Morgan fingerprint density at radius 1 is 1.09 bits per heavy atom. The molecule has 2 heterocycles.